The molecule has 0 saturated carbocycles. The van der Waals surface area contributed by atoms with Crippen LogP contribution < -0.4 is 5.73 Å². The Hall–Kier alpha value is -1.74. The van der Waals surface area contributed by atoms with Gasteiger partial charge in [0.2, 0.25) is 0 Å². The highest BCUT2D eigenvalue weighted by molar-refractivity contribution is 5.35. The van der Waals surface area contributed by atoms with Crippen molar-refractivity contribution in [1.29, 1.82) is 0 Å². The molecule has 0 radical (unpaired) electrons. The van der Waals surface area contributed by atoms with Crippen LogP contribution in [0.1, 0.15) is 29.7 Å². The maximum absolute atomic E-state index is 12.8. The van der Waals surface area contributed by atoms with Gasteiger partial charge in [-0.1, -0.05) is 19.1 Å². The standard InChI is InChI=1S/C14H15FN2/c1-2-10-9-17-8-7-13(10)14(16)11-3-5-12(15)6-4-11/h3-9,14H,2,16H2,1H3. The molecule has 1 atom stereocenters. The third-order valence-electron chi connectivity index (χ3n) is 2.89. The van der Waals surface area contributed by atoms with E-state index in [1.807, 2.05) is 12.3 Å². The fourth-order valence-electron chi connectivity index (χ4n) is 1.89. The highest BCUT2D eigenvalue weighted by atomic mass is 19.1. The number of hydrogen-bond acceptors (Lipinski definition) is 2. The van der Waals surface area contributed by atoms with Crippen LogP contribution in [0.4, 0.5) is 4.39 Å². The molecule has 0 aliphatic rings. The van der Waals surface area contributed by atoms with E-state index in [1.165, 1.54) is 12.1 Å². The average molecular weight is 230 g/mol. The van der Waals surface area contributed by atoms with Gasteiger partial charge in [0, 0.05) is 12.4 Å². The Balaban J connectivity index is 2.36. The Morgan fingerprint density at radius 2 is 1.94 bits per heavy atom. The van der Waals surface area contributed by atoms with E-state index in [0.29, 0.717) is 0 Å². The van der Waals surface area contributed by atoms with Crippen molar-refractivity contribution in [3.63, 3.8) is 0 Å². The molecule has 1 heterocycles. The monoisotopic (exact) mass is 230 g/mol. The summed E-state index contributed by atoms with van der Waals surface area (Å²) in [6.07, 6.45) is 4.45. The molecule has 0 aliphatic heterocycles. The summed E-state index contributed by atoms with van der Waals surface area (Å²) < 4.78 is 12.8. The van der Waals surface area contributed by atoms with Gasteiger partial charge in [-0.15, -0.1) is 0 Å². The van der Waals surface area contributed by atoms with Crippen LogP contribution in [0.3, 0.4) is 0 Å². The maximum Gasteiger partial charge on any atom is 0.123 e. The molecule has 0 bridgehead atoms. The molecule has 17 heavy (non-hydrogen) atoms. The normalized spacial score (nSPS) is 12.4. The molecule has 1 aromatic heterocycles. The second-order valence-corrected chi connectivity index (χ2v) is 3.96. The molecule has 2 nitrogen and oxygen atoms in total. The Morgan fingerprint density at radius 1 is 1.24 bits per heavy atom. The SMILES string of the molecule is CCc1cnccc1C(N)c1ccc(F)cc1. The lowest BCUT2D eigenvalue weighted by atomic mass is 9.96. The lowest BCUT2D eigenvalue weighted by Gasteiger charge is -2.15. The zero-order valence-corrected chi connectivity index (χ0v) is 9.73. The van der Waals surface area contributed by atoms with Crippen LogP contribution in [-0.4, -0.2) is 4.98 Å². The predicted molar refractivity (Wildman–Crippen MR) is 66.0 cm³/mol. The molecule has 88 valence electrons. The van der Waals surface area contributed by atoms with Crippen LogP contribution in [0.5, 0.6) is 0 Å². The molecule has 1 aromatic carbocycles. The third kappa shape index (κ3) is 2.50. The first-order chi connectivity index (χ1) is 8.22. The minimum absolute atomic E-state index is 0.228. The smallest absolute Gasteiger partial charge is 0.123 e. The molecule has 2 N–H and O–H groups in total. The number of rotatable bonds is 3. The van der Waals surface area contributed by atoms with E-state index >= 15 is 0 Å². The van der Waals surface area contributed by atoms with Crippen LogP contribution in [-0.2, 0) is 6.42 Å². The molecule has 0 fully saturated rings. The first kappa shape index (κ1) is 11.7. The van der Waals surface area contributed by atoms with Gasteiger partial charge in [0.15, 0.2) is 0 Å². The van der Waals surface area contributed by atoms with Crippen LogP contribution in [0.25, 0.3) is 0 Å². The molecule has 0 aliphatic carbocycles. The zero-order valence-electron chi connectivity index (χ0n) is 9.73. The number of nitrogens with two attached hydrogens (primary N) is 1. The fourth-order valence-corrected chi connectivity index (χ4v) is 1.89. The van der Waals surface area contributed by atoms with E-state index in [0.717, 1.165) is 23.1 Å². The molecule has 0 amide bonds. The van der Waals surface area contributed by atoms with Crippen molar-refractivity contribution in [3.8, 4) is 0 Å². The average Bonchev–Trinajstić information content (AvgIpc) is 2.39. The predicted octanol–water partition coefficient (Wildman–Crippen LogP) is 2.83. The van der Waals surface area contributed by atoms with Crippen LogP contribution in [0.15, 0.2) is 42.7 Å². The van der Waals surface area contributed by atoms with E-state index in [1.54, 1.807) is 18.3 Å². The van der Waals surface area contributed by atoms with Crippen molar-refractivity contribution in [2.45, 2.75) is 19.4 Å². The van der Waals surface area contributed by atoms with Gasteiger partial charge in [0.1, 0.15) is 5.82 Å². The summed E-state index contributed by atoms with van der Waals surface area (Å²) >= 11 is 0. The summed E-state index contributed by atoms with van der Waals surface area (Å²) in [5.74, 6) is -0.244. The molecule has 0 spiro atoms. The first-order valence-corrected chi connectivity index (χ1v) is 5.66. The zero-order chi connectivity index (χ0) is 12.3. The van der Waals surface area contributed by atoms with Crippen LogP contribution >= 0.6 is 0 Å². The summed E-state index contributed by atoms with van der Waals surface area (Å²) in [5.41, 5.74) is 9.28. The summed E-state index contributed by atoms with van der Waals surface area (Å²) in [6, 6.07) is 8.00. The van der Waals surface area contributed by atoms with Crippen molar-refractivity contribution in [2.75, 3.05) is 0 Å². The van der Waals surface area contributed by atoms with Gasteiger partial charge in [-0.3, -0.25) is 4.98 Å². The molecule has 3 heteroatoms. The molecule has 2 rings (SSSR count). The van der Waals surface area contributed by atoms with Crippen molar-refractivity contribution in [1.82, 2.24) is 4.98 Å². The summed E-state index contributed by atoms with van der Waals surface area (Å²) in [6.45, 7) is 2.07. The molecule has 0 saturated heterocycles. The number of pyridine rings is 1. The van der Waals surface area contributed by atoms with Gasteiger partial charge in [-0.2, -0.15) is 0 Å². The summed E-state index contributed by atoms with van der Waals surface area (Å²) in [7, 11) is 0. The number of benzene rings is 1. The van der Waals surface area contributed by atoms with Gasteiger partial charge in [0.25, 0.3) is 0 Å². The van der Waals surface area contributed by atoms with Crippen molar-refractivity contribution in [2.24, 2.45) is 5.73 Å². The largest absolute Gasteiger partial charge is 0.320 e. The molecule has 1 unspecified atom stereocenters. The van der Waals surface area contributed by atoms with Crippen LogP contribution in [0.2, 0.25) is 0 Å². The van der Waals surface area contributed by atoms with Crippen molar-refractivity contribution < 1.29 is 4.39 Å². The minimum Gasteiger partial charge on any atom is -0.320 e. The Bertz CT molecular complexity index is 494. The van der Waals surface area contributed by atoms with Gasteiger partial charge in [-0.05, 0) is 41.3 Å². The number of hydrogen-bond donors (Lipinski definition) is 1. The summed E-state index contributed by atoms with van der Waals surface area (Å²) in [5, 5.41) is 0. The second-order valence-electron chi connectivity index (χ2n) is 3.96. The van der Waals surface area contributed by atoms with E-state index in [-0.39, 0.29) is 11.9 Å². The Kier molecular flexibility index (Phi) is 3.49. The van der Waals surface area contributed by atoms with Gasteiger partial charge >= 0.3 is 0 Å². The van der Waals surface area contributed by atoms with E-state index in [9.17, 15) is 4.39 Å². The lowest BCUT2D eigenvalue weighted by Crippen LogP contribution is -2.14. The van der Waals surface area contributed by atoms with Crippen molar-refractivity contribution in [3.05, 3.63) is 65.2 Å². The first-order valence-electron chi connectivity index (χ1n) is 5.66. The highest BCUT2D eigenvalue weighted by Gasteiger charge is 2.12. The van der Waals surface area contributed by atoms with E-state index in [2.05, 4.69) is 11.9 Å². The van der Waals surface area contributed by atoms with Gasteiger partial charge in [-0.25, -0.2) is 4.39 Å². The number of aromatic nitrogens is 1. The number of halogens is 1. The van der Waals surface area contributed by atoms with E-state index in [4.69, 9.17) is 5.73 Å². The molecule has 2 aromatic rings. The molecular formula is C14H15FN2. The number of nitrogens with zero attached hydrogens (tertiary/aromatic N) is 1. The lowest BCUT2D eigenvalue weighted by molar-refractivity contribution is 0.626. The van der Waals surface area contributed by atoms with Gasteiger partial charge in [0.05, 0.1) is 6.04 Å². The topological polar surface area (TPSA) is 38.9 Å². The maximum atomic E-state index is 12.8. The Morgan fingerprint density at radius 3 is 2.59 bits per heavy atom. The quantitative estimate of drug-likeness (QED) is 0.880. The van der Waals surface area contributed by atoms with E-state index < -0.39 is 0 Å². The van der Waals surface area contributed by atoms with Gasteiger partial charge < -0.3 is 5.73 Å². The minimum atomic E-state index is -0.244. The third-order valence-corrected chi connectivity index (χ3v) is 2.89. The molecular weight excluding hydrogens is 215 g/mol. The van der Waals surface area contributed by atoms with Crippen molar-refractivity contribution >= 4 is 0 Å². The fraction of sp³-hybridized carbons (Fsp3) is 0.214. The number of aryl methyl sites for hydroxylation is 1. The van der Waals surface area contributed by atoms with Crippen LogP contribution in [0, 0.1) is 5.82 Å². The Labute approximate surface area is 100 Å². The summed E-state index contributed by atoms with van der Waals surface area (Å²) in [4.78, 5) is 4.09. The second kappa shape index (κ2) is 5.06. The highest BCUT2D eigenvalue weighted by Crippen LogP contribution is 2.22.